The number of nitrogens with zero attached hydrogens (tertiary/aromatic N) is 1. The van der Waals surface area contributed by atoms with Crippen LogP contribution in [0.25, 0.3) is 0 Å². The van der Waals surface area contributed by atoms with Crippen LogP contribution in [0.3, 0.4) is 0 Å². The number of aliphatic hydroxyl groups is 1. The molecule has 0 heterocycles. The molecule has 3 atom stereocenters. The molecule has 3 unspecified atom stereocenters. The average molecular weight is 1030 g/mol. The fraction of sp³-hybridized carbons (Fsp3) is 0.609. The monoisotopic (exact) mass is 1030 g/mol. The Morgan fingerprint density at radius 3 is 1.19 bits per heavy atom. The van der Waals surface area contributed by atoms with Gasteiger partial charge in [0.15, 0.2) is 0 Å². The number of allylic oxidation sites excluding steroid dienone is 24. The highest BCUT2D eigenvalue weighted by atomic mass is 31.2. The van der Waals surface area contributed by atoms with Crippen LogP contribution >= 0.6 is 7.82 Å². The van der Waals surface area contributed by atoms with Crippen LogP contribution in [0, 0.1) is 0 Å². The van der Waals surface area contributed by atoms with Crippen molar-refractivity contribution in [1.29, 1.82) is 0 Å². The summed E-state index contributed by atoms with van der Waals surface area (Å²) in [5.41, 5.74) is 0. The molecule has 0 aliphatic heterocycles. The molecule has 73 heavy (non-hydrogen) atoms. The minimum atomic E-state index is -4.59. The molecule has 0 saturated carbocycles. The Hall–Kier alpha value is -3.62. The molecule has 8 nitrogen and oxygen atoms in total. The second-order valence-corrected chi connectivity index (χ2v) is 21.3. The van der Waals surface area contributed by atoms with Crippen LogP contribution in [0.5, 0.6) is 0 Å². The van der Waals surface area contributed by atoms with E-state index in [1.54, 1.807) is 0 Å². The number of likely N-dealkylation sites (N-methyl/N-ethyl adjacent to an activating group) is 1. The summed E-state index contributed by atoms with van der Waals surface area (Å²) in [6, 6.07) is -0.834. The van der Waals surface area contributed by atoms with Crippen molar-refractivity contribution in [1.82, 2.24) is 5.32 Å². The summed E-state index contributed by atoms with van der Waals surface area (Å²) in [6.45, 7) is 4.54. The van der Waals surface area contributed by atoms with Crippen molar-refractivity contribution in [3.63, 3.8) is 0 Å². The van der Waals surface area contributed by atoms with Crippen molar-refractivity contribution in [3.05, 3.63) is 146 Å². The molecule has 1 amide bonds. The number of carbonyl (C=O) groups is 1. The number of hydrogen-bond donors (Lipinski definition) is 2. The largest absolute Gasteiger partial charge is 0.756 e. The molecule has 0 aromatic heterocycles. The summed E-state index contributed by atoms with van der Waals surface area (Å²) in [4.78, 5) is 25.4. The van der Waals surface area contributed by atoms with Gasteiger partial charge in [0.2, 0.25) is 5.91 Å². The highest BCUT2D eigenvalue weighted by molar-refractivity contribution is 7.45. The minimum absolute atomic E-state index is 0.00437. The number of quaternary nitrogens is 1. The number of aliphatic hydroxyl groups excluding tert-OH is 1. The maximum atomic E-state index is 12.9. The van der Waals surface area contributed by atoms with E-state index in [0.29, 0.717) is 30.3 Å². The van der Waals surface area contributed by atoms with Gasteiger partial charge in [-0.3, -0.25) is 9.36 Å². The second kappa shape index (κ2) is 53.2. The fourth-order valence-corrected chi connectivity index (χ4v) is 8.10. The van der Waals surface area contributed by atoms with Gasteiger partial charge in [0.25, 0.3) is 7.82 Å². The van der Waals surface area contributed by atoms with E-state index in [4.69, 9.17) is 9.05 Å². The molecule has 9 heteroatoms. The predicted octanol–water partition coefficient (Wildman–Crippen LogP) is 17.1. The molecule has 0 aliphatic rings. The van der Waals surface area contributed by atoms with Crippen LogP contribution in [0.4, 0.5) is 0 Å². The van der Waals surface area contributed by atoms with Crippen molar-refractivity contribution in [2.45, 2.75) is 212 Å². The molecule has 0 spiro atoms. The average Bonchev–Trinajstić information content (AvgIpc) is 3.35. The van der Waals surface area contributed by atoms with Gasteiger partial charge < -0.3 is 28.8 Å². The number of phosphoric ester groups is 1. The topological polar surface area (TPSA) is 108 Å². The smallest absolute Gasteiger partial charge is 0.268 e. The lowest BCUT2D eigenvalue weighted by molar-refractivity contribution is -0.870. The van der Waals surface area contributed by atoms with Crippen molar-refractivity contribution in [3.8, 4) is 0 Å². The molecule has 0 rings (SSSR count). The highest BCUT2D eigenvalue weighted by Crippen LogP contribution is 2.38. The first-order valence-electron chi connectivity index (χ1n) is 28.7. The van der Waals surface area contributed by atoms with Gasteiger partial charge in [-0.1, -0.05) is 237 Å². The molecular formula is C64H107N2O6P. The predicted molar refractivity (Wildman–Crippen MR) is 315 cm³/mol. The SMILES string of the molecule is CC/C=C\C/C=C\C/C=C\C/C=C\C/C=C\C/C=C\C/C=C\C/C=C\C/C=C\C/C=C\C/C=C\C/C=C\CCCCC(=O)NC(COP(=O)([O-])OCC[N+](C)(C)C)C(O)CCCCCCCCCCCCCC. The van der Waals surface area contributed by atoms with Crippen molar-refractivity contribution < 1.29 is 32.9 Å². The first kappa shape index (κ1) is 69.4. The van der Waals surface area contributed by atoms with Crippen molar-refractivity contribution >= 4 is 13.7 Å². The van der Waals surface area contributed by atoms with E-state index < -0.39 is 20.0 Å². The molecule has 2 N–H and O–H groups in total. The Balaban J connectivity index is 4.22. The van der Waals surface area contributed by atoms with Gasteiger partial charge in [-0.25, -0.2) is 0 Å². The lowest BCUT2D eigenvalue weighted by Crippen LogP contribution is -2.46. The van der Waals surface area contributed by atoms with Gasteiger partial charge in [0.05, 0.1) is 39.9 Å². The summed E-state index contributed by atoms with van der Waals surface area (Å²) >= 11 is 0. The van der Waals surface area contributed by atoms with Gasteiger partial charge >= 0.3 is 0 Å². The van der Waals surface area contributed by atoms with Crippen LogP contribution in [0.15, 0.2) is 146 Å². The summed E-state index contributed by atoms with van der Waals surface area (Å²) in [5, 5.41) is 13.9. The fourth-order valence-electron chi connectivity index (χ4n) is 7.37. The Kier molecular flexibility index (Phi) is 50.6. The number of nitrogens with one attached hydrogen (secondary N) is 1. The van der Waals surface area contributed by atoms with Gasteiger partial charge in [-0.2, -0.15) is 0 Å². The van der Waals surface area contributed by atoms with Gasteiger partial charge in [0.1, 0.15) is 13.2 Å². The Morgan fingerprint density at radius 1 is 0.493 bits per heavy atom. The molecule has 0 bridgehead atoms. The maximum absolute atomic E-state index is 12.9. The first-order chi connectivity index (χ1) is 35.5. The van der Waals surface area contributed by atoms with E-state index in [-0.39, 0.29) is 19.1 Å². The standard InChI is InChI=1S/C64H107N2O6P/c1-6-8-10-12-14-16-18-20-21-22-23-24-25-26-27-28-29-30-31-32-33-34-35-36-37-38-39-40-41-42-43-44-45-46-48-50-52-54-56-58-64(68)65-62(61-72-73(69,70)71-60-59-66(3,4)5)63(67)57-55-53-51-49-47-19-17-15-13-11-9-7-2/h8,10,14,16,20-21,23-24,26-27,29-30,32-33,35-36,38-39,41-42,44-45,48,50,62-63,67H,6-7,9,11-13,15,17-19,22,25,28,31,34,37,40,43,46-47,49,51-61H2,1-5H3,(H-,65,68,69,70)/b10-8-,16-14-,21-20-,24-23-,27-26-,30-29-,33-32-,36-35-,39-38-,42-41-,45-44-,50-48-. The van der Waals surface area contributed by atoms with Crippen LogP contribution in [0.1, 0.15) is 200 Å². The van der Waals surface area contributed by atoms with E-state index in [0.717, 1.165) is 109 Å². The van der Waals surface area contributed by atoms with Gasteiger partial charge in [0, 0.05) is 6.42 Å². The number of carbonyl (C=O) groups excluding carboxylic acids is 1. The van der Waals surface area contributed by atoms with Crippen molar-refractivity contribution in [2.75, 3.05) is 40.9 Å². The number of unbranched alkanes of at least 4 members (excludes halogenated alkanes) is 13. The molecule has 0 aliphatic carbocycles. The lowest BCUT2D eigenvalue weighted by atomic mass is 10.0. The molecule has 0 fully saturated rings. The zero-order valence-corrected chi connectivity index (χ0v) is 47.9. The van der Waals surface area contributed by atoms with E-state index in [1.165, 1.54) is 57.8 Å². The third-order valence-corrected chi connectivity index (χ3v) is 12.8. The minimum Gasteiger partial charge on any atom is -0.756 e. The van der Waals surface area contributed by atoms with E-state index >= 15 is 0 Å². The third-order valence-electron chi connectivity index (χ3n) is 11.8. The zero-order valence-electron chi connectivity index (χ0n) is 47.0. The zero-order chi connectivity index (χ0) is 53.5. The van der Waals surface area contributed by atoms with Crippen LogP contribution in [-0.4, -0.2) is 68.5 Å². The second-order valence-electron chi connectivity index (χ2n) is 19.9. The highest BCUT2D eigenvalue weighted by Gasteiger charge is 2.24. The summed E-state index contributed by atoms with van der Waals surface area (Å²) in [7, 11) is 1.25. The van der Waals surface area contributed by atoms with Crippen molar-refractivity contribution in [2.24, 2.45) is 0 Å². The third kappa shape index (κ3) is 56.0. The van der Waals surface area contributed by atoms with E-state index in [1.807, 2.05) is 21.1 Å². The summed E-state index contributed by atoms with van der Waals surface area (Å²) in [5.74, 6) is -0.214. The molecule has 414 valence electrons. The molecular weight excluding hydrogens is 924 g/mol. The molecule has 0 aromatic carbocycles. The van der Waals surface area contributed by atoms with E-state index in [9.17, 15) is 19.4 Å². The first-order valence-corrected chi connectivity index (χ1v) is 30.1. The number of hydrogen-bond acceptors (Lipinski definition) is 6. The van der Waals surface area contributed by atoms with Gasteiger partial charge in [-0.05, 0) is 103 Å². The summed E-state index contributed by atoms with van der Waals surface area (Å²) in [6.07, 6.45) is 81.8. The van der Waals surface area contributed by atoms with Crippen LogP contribution < -0.4 is 10.2 Å². The Morgan fingerprint density at radius 2 is 0.836 bits per heavy atom. The molecule has 0 radical (unpaired) electrons. The number of rotatable bonds is 50. The summed E-state index contributed by atoms with van der Waals surface area (Å²) < 4.78 is 23.3. The number of phosphoric acid groups is 1. The maximum Gasteiger partial charge on any atom is 0.268 e. The normalized spacial score (nSPS) is 15.0. The Bertz CT molecular complexity index is 1690. The van der Waals surface area contributed by atoms with Crippen LogP contribution in [0.2, 0.25) is 0 Å². The lowest BCUT2D eigenvalue weighted by Gasteiger charge is -2.30. The molecule has 0 aromatic rings. The quantitative estimate of drug-likeness (QED) is 0.0272. The van der Waals surface area contributed by atoms with E-state index in [2.05, 4.69) is 165 Å². The van der Waals surface area contributed by atoms with Crippen LogP contribution in [-0.2, 0) is 18.4 Å². The van der Waals surface area contributed by atoms with Gasteiger partial charge in [-0.15, -0.1) is 0 Å². The Labute approximate surface area is 449 Å². The molecule has 0 saturated heterocycles. The number of amides is 1.